The largest absolute Gasteiger partial charge is 0.456 e. The molecule has 0 unspecified atom stereocenters. The Balaban J connectivity index is 2.36. The second-order valence-corrected chi connectivity index (χ2v) is 4.89. The summed E-state index contributed by atoms with van der Waals surface area (Å²) >= 11 is 0. The summed E-state index contributed by atoms with van der Waals surface area (Å²) in [7, 11) is 0. The highest BCUT2D eigenvalue weighted by Crippen LogP contribution is 2.23. The molecule has 0 aliphatic rings. The van der Waals surface area contributed by atoms with E-state index in [9.17, 15) is 5.21 Å². The first-order valence-electron chi connectivity index (χ1n) is 6.47. The molecule has 0 radical (unpaired) electrons. The van der Waals surface area contributed by atoms with Crippen molar-refractivity contribution in [2.24, 2.45) is 5.16 Å². The van der Waals surface area contributed by atoms with Gasteiger partial charge in [0.15, 0.2) is 0 Å². The van der Waals surface area contributed by atoms with Gasteiger partial charge < -0.3 is 9.62 Å². The first kappa shape index (κ1) is 12.5. The fraction of sp³-hybridized carbons (Fsp3) is 0.118. The van der Waals surface area contributed by atoms with Gasteiger partial charge in [-0.1, -0.05) is 35.5 Å². The molecule has 3 nitrogen and oxygen atoms in total. The maximum Gasteiger partial charge on any atom is 0.137 e. The molecule has 0 amide bonds. The van der Waals surface area contributed by atoms with Gasteiger partial charge in [-0.2, -0.15) is 0 Å². The van der Waals surface area contributed by atoms with Gasteiger partial charge >= 0.3 is 0 Å². The second-order valence-electron chi connectivity index (χ2n) is 4.89. The maximum absolute atomic E-state index is 9.25. The Morgan fingerprint density at radius 2 is 1.65 bits per heavy atom. The molecule has 1 N–H and O–H groups in total. The van der Waals surface area contributed by atoms with E-state index in [2.05, 4.69) is 5.16 Å². The molecule has 0 saturated carbocycles. The summed E-state index contributed by atoms with van der Waals surface area (Å²) in [5.41, 5.74) is 3.97. The number of hydrogen-bond donors (Lipinski definition) is 1. The lowest BCUT2D eigenvalue weighted by atomic mass is 10.1. The van der Waals surface area contributed by atoms with Gasteiger partial charge in [-0.15, -0.1) is 0 Å². The molecule has 3 heteroatoms. The third-order valence-electron chi connectivity index (χ3n) is 3.53. The van der Waals surface area contributed by atoms with Crippen molar-refractivity contribution < 1.29 is 9.62 Å². The predicted octanol–water partition coefficient (Wildman–Crippen LogP) is 4.01. The van der Waals surface area contributed by atoms with Crippen LogP contribution >= 0.6 is 0 Å². The lowest BCUT2D eigenvalue weighted by Crippen LogP contribution is -2.04. The summed E-state index contributed by atoms with van der Waals surface area (Å²) in [4.78, 5) is 0. The standard InChI is InChI=1S/C17H15NO2/c1-11-8-14-15(18-19)10-16(13-6-4-3-5-7-13)20-17(14)9-12(11)2/h3-10,19H,1-2H3/b18-15+. The van der Waals surface area contributed by atoms with E-state index in [-0.39, 0.29) is 0 Å². The van der Waals surface area contributed by atoms with Crippen molar-refractivity contribution in [3.8, 4) is 11.3 Å². The Morgan fingerprint density at radius 1 is 0.950 bits per heavy atom. The van der Waals surface area contributed by atoms with E-state index < -0.39 is 0 Å². The monoisotopic (exact) mass is 265 g/mol. The van der Waals surface area contributed by atoms with Gasteiger partial charge in [0, 0.05) is 17.0 Å². The molecule has 0 aliphatic carbocycles. The Morgan fingerprint density at radius 3 is 2.35 bits per heavy atom. The van der Waals surface area contributed by atoms with Crippen molar-refractivity contribution in [1.29, 1.82) is 0 Å². The minimum Gasteiger partial charge on any atom is -0.456 e. The molecular weight excluding hydrogens is 250 g/mol. The zero-order valence-electron chi connectivity index (χ0n) is 11.4. The van der Waals surface area contributed by atoms with Crippen LogP contribution in [0.4, 0.5) is 0 Å². The second kappa shape index (κ2) is 4.85. The Labute approximate surface area is 116 Å². The third-order valence-corrected chi connectivity index (χ3v) is 3.53. The van der Waals surface area contributed by atoms with Gasteiger partial charge in [-0.25, -0.2) is 0 Å². The van der Waals surface area contributed by atoms with E-state index in [1.165, 1.54) is 0 Å². The van der Waals surface area contributed by atoms with Crippen molar-refractivity contribution in [2.45, 2.75) is 13.8 Å². The average Bonchev–Trinajstić information content (AvgIpc) is 2.48. The zero-order valence-corrected chi connectivity index (χ0v) is 11.4. The van der Waals surface area contributed by atoms with Crippen LogP contribution in [0.5, 0.6) is 0 Å². The van der Waals surface area contributed by atoms with Gasteiger partial charge in [0.2, 0.25) is 0 Å². The van der Waals surface area contributed by atoms with Crippen molar-refractivity contribution in [1.82, 2.24) is 0 Å². The molecule has 2 aromatic carbocycles. The van der Waals surface area contributed by atoms with Crippen LogP contribution in [-0.2, 0) is 0 Å². The van der Waals surface area contributed by atoms with Crippen LogP contribution in [0, 0.1) is 13.8 Å². The number of benzene rings is 2. The minimum atomic E-state index is 0.521. The van der Waals surface area contributed by atoms with E-state index in [1.54, 1.807) is 6.07 Å². The number of hydrogen-bond acceptors (Lipinski definition) is 3. The fourth-order valence-electron chi connectivity index (χ4n) is 2.25. The first-order valence-corrected chi connectivity index (χ1v) is 6.47. The highest BCUT2D eigenvalue weighted by Gasteiger charge is 2.07. The molecule has 0 atom stereocenters. The molecule has 20 heavy (non-hydrogen) atoms. The molecule has 0 spiro atoms. The lowest BCUT2D eigenvalue weighted by molar-refractivity contribution is 0.302. The Kier molecular flexibility index (Phi) is 3.03. The van der Waals surface area contributed by atoms with Gasteiger partial charge in [-0.05, 0) is 37.1 Å². The fourth-order valence-corrected chi connectivity index (χ4v) is 2.25. The van der Waals surface area contributed by atoms with Crippen LogP contribution in [0.1, 0.15) is 11.1 Å². The minimum absolute atomic E-state index is 0.521. The van der Waals surface area contributed by atoms with Gasteiger partial charge in [0.25, 0.3) is 0 Å². The molecule has 0 fully saturated rings. The van der Waals surface area contributed by atoms with Crippen LogP contribution in [-0.4, -0.2) is 5.21 Å². The molecule has 1 heterocycles. The molecule has 3 aromatic rings. The number of fused-ring (bicyclic) bond motifs is 1. The van der Waals surface area contributed by atoms with Crippen LogP contribution in [0.25, 0.3) is 22.3 Å². The normalized spacial score (nSPS) is 12.0. The smallest absolute Gasteiger partial charge is 0.137 e. The van der Waals surface area contributed by atoms with Crippen LogP contribution in [0.2, 0.25) is 0 Å². The molecule has 0 saturated heterocycles. The summed E-state index contributed by atoms with van der Waals surface area (Å²) < 4.78 is 5.96. The summed E-state index contributed by atoms with van der Waals surface area (Å²) in [5, 5.41) is 14.0. The van der Waals surface area contributed by atoms with Crippen molar-refractivity contribution in [3.63, 3.8) is 0 Å². The highest BCUT2D eigenvalue weighted by molar-refractivity contribution is 5.80. The molecule has 0 aliphatic heterocycles. The van der Waals surface area contributed by atoms with Crippen molar-refractivity contribution in [2.75, 3.05) is 0 Å². The zero-order chi connectivity index (χ0) is 14.1. The van der Waals surface area contributed by atoms with Gasteiger partial charge in [0.1, 0.15) is 16.7 Å². The Hall–Kier alpha value is -2.55. The topological polar surface area (TPSA) is 45.7 Å². The lowest BCUT2D eigenvalue weighted by Gasteiger charge is -2.07. The first-order chi connectivity index (χ1) is 9.69. The molecule has 100 valence electrons. The van der Waals surface area contributed by atoms with E-state index in [0.717, 1.165) is 27.7 Å². The van der Waals surface area contributed by atoms with Gasteiger partial charge in [-0.3, -0.25) is 0 Å². The molecule has 3 rings (SSSR count). The van der Waals surface area contributed by atoms with Crippen molar-refractivity contribution >= 4 is 11.0 Å². The van der Waals surface area contributed by atoms with Crippen LogP contribution < -0.4 is 5.36 Å². The van der Waals surface area contributed by atoms with E-state index in [1.807, 2.05) is 56.3 Å². The van der Waals surface area contributed by atoms with Gasteiger partial charge in [0.05, 0.1) is 0 Å². The SMILES string of the molecule is Cc1cc2oc(-c3ccccc3)c/c(=N\O)c2cc1C. The summed E-state index contributed by atoms with van der Waals surface area (Å²) in [5.74, 6) is 0.689. The van der Waals surface area contributed by atoms with Crippen LogP contribution in [0.3, 0.4) is 0 Å². The van der Waals surface area contributed by atoms with E-state index in [4.69, 9.17) is 4.42 Å². The van der Waals surface area contributed by atoms with E-state index in [0.29, 0.717) is 11.1 Å². The predicted molar refractivity (Wildman–Crippen MR) is 78.5 cm³/mol. The van der Waals surface area contributed by atoms with E-state index >= 15 is 0 Å². The third kappa shape index (κ3) is 2.07. The summed E-state index contributed by atoms with van der Waals surface area (Å²) in [6, 6.07) is 15.5. The molecular formula is C17H15NO2. The number of aryl methyl sites for hydroxylation is 2. The van der Waals surface area contributed by atoms with Crippen molar-refractivity contribution in [3.05, 3.63) is 65.0 Å². The molecule has 0 bridgehead atoms. The van der Waals surface area contributed by atoms with Crippen LogP contribution in [0.15, 0.2) is 58.1 Å². The molecule has 1 aromatic heterocycles. The highest BCUT2D eigenvalue weighted by atomic mass is 16.4. The maximum atomic E-state index is 9.25. The Bertz CT molecular complexity index is 833. The number of nitrogens with zero attached hydrogens (tertiary/aromatic N) is 1. The summed E-state index contributed by atoms with van der Waals surface area (Å²) in [6.45, 7) is 4.07. The number of rotatable bonds is 1. The average molecular weight is 265 g/mol. The quantitative estimate of drug-likeness (QED) is 0.534. The summed E-state index contributed by atoms with van der Waals surface area (Å²) in [6.07, 6.45) is 0.